The molecule has 8 rings (SSSR count). The number of amides is 5. The summed E-state index contributed by atoms with van der Waals surface area (Å²) in [6, 6.07) is 0. The summed E-state index contributed by atoms with van der Waals surface area (Å²) in [5.41, 5.74) is 12.1. The molecule has 8 aliphatic rings. The van der Waals surface area contributed by atoms with Crippen LogP contribution in [0.4, 0.5) is 0 Å². The largest absolute Gasteiger partial charge is 0.369 e. The molecule has 3 unspecified atom stereocenters. The molecule has 7 heterocycles. The van der Waals surface area contributed by atoms with Crippen LogP contribution < -0.4 is 27.4 Å². The van der Waals surface area contributed by atoms with E-state index in [1.54, 1.807) is 14.1 Å². The first-order chi connectivity index (χ1) is 38.3. The van der Waals surface area contributed by atoms with Crippen molar-refractivity contribution in [2.75, 3.05) is 99.2 Å². The van der Waals surface area contributed by atoms with Crippen LogP contribution in [0.5, 0.6) is 0 Å². The van der Waals surface area contributed by atoms with Crippen LogP contribution in [0.3, 0.4) is 0 Å². The number of likely N-dealkylation sites (tertiary alicyclic amines) is 6. The van der Waals surface area contributed by atoms with Gasteiger partial charge >= 0.3 is 0 Å². The van der Waals surface area contributed by atoms with Gasteiger partial charge in [-0.25, -0.2) is 0 Å². The van der Waals surface area contributed by atoms with Crippen LogP contribution in [0.15, 0.2) is 0 Å². The number of hydrogen-bond donors (Lipinski definition) is 5. The number of carbonyl (C=O) groups is 5. The normalized spacial score (nSPS) is 26.4. The second kappa shape index (κ2) is 30.5. The standard InChI is InChI=1S/C12H22N2O.C12H24N2O.C11H20N2O.2C11H22N2O.C11H23N/c1-11(2,3)14-6-4-12(5-7-14)8-10(15)13-9-12;1-12(2,3)14-7-5-10(6-8-14)9-11(15)13-4;1-11(2,3)13-5-7-8(6-13)9(7)10(14)12-4;2*1-10(2,3)13-7-5-11(4,6-8-13)9(12)14;1-10-6-5-8-12(9-7-10)11(2,3)4/h4-9H2,1-3H3,(H,13,15);10H,5-9H2,1-4H3,(H,13,15);7-9H,5-6H2,1-4H3,(H,12,14);2*5-8H2,1-4H3,(H2,12,14);10H,5-9H2,1-4H3. The average molecular weight is 1180 g/mol. The van der Waals surface area contributed by atoms with Crippen molar-refractivity contribution in [1.82, 2.24) is 45.3 Å². The summed E-state index contributed by atoms with van der Waals surface area (Å²) in [6.07, 6.45) is 13.9. The predicted molar refractivity (Wildman–Crippen MR) is 349 cm³/mol. The second-order valence-corrected chi connectivity index (χ2v) is 33.5. The molecule has 16 nitrogen and oxygen atoms in total. The van der Waals surface area contributed by atoms with Gasteiger partial charge in [0.15, 0.2) is 0 Å². The number of carbonyl (C=O) groups excluding carboxylic acids is 5. The summed E-state index contributed by atoms with van der Waals surface area (Å²) in [4.78, 5) is 71.4. The SMILES string of the molecule is CC(C)(C)N1CCC2(CC1)CNC(=O)C2.CC1(C(N)=O)CCN(C(C)(C)C)CC1.CC1(C(N)=O)CCN(C(C)(C)C)CC1.CC1CCCN(C(C)(C)C)CC1.CNC(=O)C1C2CN(C(C)(C)C)CC21.CNC(=O)CC1CCN(C(C)(C)C)CC1. The smallest absolute Gasteiger partial charge is 0.223 e. The van der Waals surface area contributed by atoms with Crippen LogP contribution in [0.1, 0.15) is 229 Å². The number of primary amides is 2. The summed E-state index contributed by atoms with van der Waals surface area (Å²) in [6.45, 7) is 61.0. The Bertz CT molecular complexity index is 1990. The zero-order chi connectivity index (χ0) is 64.2. The molecule has 0 radical (unpaired) electrons. The van der Waals surface area contributed by atoms with Gasteiger partial charge in [-0.3, -0.25) is 53.4 Å². The molecular formula is C68H133N11O5. The zero-order valence-electron chi connectivity index (χ0n) is 58.7. The Balaban J connectivity index is 0.000000264. The molecule has 8 fully saturated rings. The monoisotopic (exact) mass is 1180 g/mol. The number of rotatable bonds is 5. The third kappa shape index (κ3) is 23.6. The minimum absolute atomic E-state index is 0.147. The van der Waals surface area contributed by atoms with Gasteiger partial charge in [0.1, 0.15) is 0 Å². The van der Waals surface area contributed by atoms with E-state index in [1.807, 2.05) is 13.8 Å². The maximum Gasteiger partial charge on any atom is 0.223 e. The third-order valence-corrected chi connectivity index (χ3v) is 20.8. The molecule has 1 spiro atoms. The van der Waals surface area contributed by atoms with Crippen molar-refractivity contribution in [2.45, 2.75) is 262 Å². The molecule has 490 valence electrons. The fraction of sp³-hybridized carbons (Fsp3) is 0.926. The Morgan fingerprint density at radius 2 is 0.845 bits per heavy atom. The molecule has 3 atom stereocenters. The topological polar surface area (TPSA) is 193 Å². The van der Waals surface area contributed by atoms with Crippen LogP contribution in [0, 0.1) is 45.8 Å². The lowest BCUT2D eigenvalue weighted by Crippen LogP contribution is -2.51. The van der Waals surface area contributed by atoms with E-state index >= 15 is 0 Å². The predicted octanol–water partition coefficient (Wildman–Crippen LogP) is 9.38. The molecule has 7 saturated heterocycles. The minimum Gasteiger partial charge on any atom is -0.369 e. The summed E-state index contributed by atoms with van der Waals surface area (Å²) < 4.78 is 0. The highest BCUT2D eigenvalue weighted by Gasteiger charge is 2.60. The van der Waals surface area contributed by atoms with Crippen LogP contribution in [0.2, 0.25) is 0 Å². The summed E-state index contributed by atoms with van der Waals surface area (Å²) in [5.74, 6) is 3.50. The van der Waals surface area contributed by atoms with Crippen molar-refractivity contribution in [3.8, 4) is 0 Å². The third-order valence-electron chi connectivity index (χ3n) is 20.8. The summed E-state index contributed by atoms with van der Waals surface area (Å²) in [7, 11) is 3.45. The molecule has 0 bridgehead atoms. The van der Waals surface area contributed by atoms with Crippen molar-refractivity contribution in [3.05, 3.63) is 0 Å². The lowest BCUT2D eigenvalue weighted by molar-refractivity contribution is -0.130. The number of nitrogens with one attached hydrogen (secondary N) is 3. The Hall–Kier alpha value is -2.89. The molecule has 0 aromatic heterocycles. The van der Waals surface area contributed by atoms with E-state index in [2.05, 4.69) is 177 Å². The van der Waals surface area contributed by atoms with Crippen molar-refractivity contribution >= 4 is 29.5 Å². The lowest BCUT2D eigenvalue weighted by atomic mass is 9.77. The fourth-order valence-electron chi connectivity index (χ4n) is 13.3. The van der Waals surface area contributed by atoms with Crippen molar-refractivity contribution in [1.29, 1.82) is 0 Å². The second-order valence-electron chi connectivity index (χ2n) is 33.5. The van der Waals surface area contributed by atoms with Crippen LogP contribution in [-0.4, -0.2) is 191 Å². The minimum atomic E-state index is -0.276. The van der Waals surface area contributed by atoms with Gasteiger partial charge in [-0.1, -0.05) is 20.8 Å². The van der Waals surface area contributed by atoms with Crippen molar-refractivity contribution < 1.29 is 24.0 Å². The lowest BCUT2D eigenvalue weighted by Gasteiger charge is -2.44. The number of nitrogens with two attached hydrogens (primary N) is 2. The van der Waals surface area contributed by atoms with Crippen molar-refractivity contribution in [3.63, 3.8) is 0 Å². The molecule has 0 aromatic rings. The molecule has 0 aromatic carbocycles. The van der Waals surface area contributed by atoms with E-state index in [0.717, 1.165) is 123 Å². The van der Waals surface area contributed by atoms with Gasteiger partial charge in [0, 0.05) is 96.6 Å². The van der Waals surface area contributed by atoms with Crippen LogP contribution in [-0.2, 0) is 24.0 Å². The maximum atomic E-state index is 11.4. The quantitative estimate of drug-likeness (QED) is 0.176. The summed E-state index contributed by atoms with van der Waals surface area (Å²) in [5, 5.41) is 8.43. The van der Waals surface area contributed by atoms with E-state index < -0.39 is 0 Å². The Kier molecular flexibility index (Phi) is 27.4. The van der Waals surface area contributed by atoms with Gasteiger partial charge < -0.3 is 27.4 Å². The fourth-order valence-corrected chi connectivity index (χ4v) is 13.3. The molecule has 16 heteroatoms. The number of fused-ring (bicyclic) bond motifs is 1. The molecule has 7 aliphatic heterocycles. The van der Waals surface area contributed by atoms with E-state index in [9.17, 15) is 24.0 Å². The molecule has 7 N–H and O–H groups in total. The first-order valence-electron chi connectivity index (χ1n) is 33.1. The van der Waals surface area contributed by atoms with Crippen LogP contribution in [0.25, 0.3) is 0 Å². The number of hydrogen-bond acceptors (Lipinski definition) is 11. The molecule has 84 heavy (non-hydrogen) atoms. The zero-order valence-corrected chi connectivity index (χ0v) is 58.7. The highest BCUT2D eigenvalue weighted by Crippen LogP contribution is 2.53. The van der Waals surface area contributed by atoms with Gasteiger partial charge in [0.2, 0.25) is 29.5 Å². The summed E-state index contributed by atoms with van der Waals surface area (Å²) >= 11 is 0. The Morgan fingerprint density at radius 1 is 0.500 bits per heavy atom. The Morgan fingerprint density at radius 3 is 1.17 bits per heavy atom. The van der Waals surface area contributed by atoms with E-state index in [-0.39, 0.29) is 68.1 Å². The van der Waals surface area contributed by atoms with E-state index in [4.69, 9.17) is 11.5 Å². The first-order valence-corrected chi connectivity index (χ1v) is 33.1. The van der Waals surface area contributed by atoms with Crippen LogP contribution >= 0.6 is 0 Å². The highest BCUT2D eigenvalue weighted by molar-refractivity contribution is 5.82. The molecular weight excluding hydrogens is 1050 g/mol. The molecule has 1 saturated carbocycles. The molecule has 1 aliphatic carbocycles. The molecule has 5 amide bonds. The van der Waals surface area contributed by atoms with Gasteiger partial charge in [-0.05, 0) is 290 Å². The number of nitrogens with zero attached hydrogens (tertiary/aromatic N) is 6. The average Bonchev–Trinajstić information content (AvgIpc) is 1.72. The van der Waals surface area contributed by atoms with E-state index in [0.29, 0.717) is 41.0 Å². The number of piperidine rings is 5. The Labute approximate surface area is 515 Å². The van der Waals surface area contributed by atoms with Gasteiger partial charge in [-0.2, -0.15) is 0 Å². The van der Waals surface area contributed by atoms with Gasteiger partial charge in [0.05, 0.1) is 0 Å². The highest BCUT2D eigenvalue weighted by atomic mass is 16.2. The van der Waals surface area contributed by atoms with Gasteiger partial charge in [-0.15, -0.1) is 0 Å². The first kappa shape index (κ1) is 75.4. The van der Waals surface area contributed by atoms with Gasteiger partial charge in [0.25, 0.3) is 0 Å². The van der Waals surface area contributed by atoms with E-state index in [1.165, 1.54) is 45.2 Å². The van der Waals surface area contributed by atoms with Crippen molar-refractivity contribution in [2.24, 2.45) is 57.3 Å². The maximum absolute atomic E-state index is 11.4.